The molecule has 1 N–H and O–H groups in total. The third kappa shape index (κ3) is 1.85. The lowest BCUT2D eigenvalue weighted by atomic mass is 9.82. The summed E-state index contributed by atoms with van der Waals surface area (Å²) in [6.07, 6.45) is 5.00. The number of aliphatic hydroxyl groups excluding tert-OH is 1. The van der Waals surface area contributed by atoms with Crippen LogP contribution in [0.1, 0.15) is 25.7 Å². The molecule has 0 aromatic heterocycles. The molecule has 1 heterocycles. The van der Waals surface area contributed by atoms with Crippen molar-refractivity contribution in [2.45, 2.75) is 37.6 Å². The molecular formula is C11H18O3. The predicted molar refractivity (Wildman–Crippen MR) is 52.8 cm³/mol. The molecule has 0 aromatic rings. The van der Waals surface area contributed by atoms with Gasteiger partial charge in [-0.1, -0.05) is 6.08 Å². The van der Waals surface area contributed by atoms with Gasteiger partial charge in [-0.25, -0.2) is 0 Å². The first-order valence-electron chi connectivity index (χ1n) is 5.34. The van der Waals surface area contributed by atoms with E-state index >= 15 is 0 Å². The molecule has 2 fully saturated rings. The highest BCUT2D eigenvalue weighted by Crippen LogP contribution is 2.39. The Morgan fingerprint density at radius 1 is 1.29 bits per heavy atom. The number of ether oxygens (including phenoxy) is 2. The summed E-state index contributed by atoms with van der Waals surface area (Å²) in [5, 5.41) is 9.61. The molecule has 3 nitrogen and oxygen atoms in total. The maximum Gasteiger partial charge on any atom is 0.168 e. The highest BCUT2D eigenvalue weighted by molar-refractivity contribution is 4.90. The Morgan fingerprint density at radius 2 is 1.86 bits per heavy atom. The molecule has 0 aromatic carbocycles. The van der Waals surface area contributed by atoms with Gasteiger partial charge in [0.15, 0.2) is 5.79 Å². The lowest BCUT2D eigenvalue weighted by Gasteiger charge is -2.36. The number of hydrogen-bond acceptors (Lipinski definition) is 3. The molecule has 3 heteroatoms. The zero-order valence-electron chi connectivity index (χ0n) is 8.45. The molecule has 80 valence electrons. The molecule has 1 atom stereocenters. The largest absolute Gasteiger partial charge is 0.389 e. The Kier molecular flexibility index (Phi) is 2.91. The predicted octanol–water partition coefficient (Wildman–Crippen LogP) is 1.47. The SMILES string of the molecule is C=CC(O)C1CCC2(CC1)OCCO2. The quantitative estimate of drug-likeness (QED) is 0.683. The third-order valence-corrected chi connectivity index (χ3v) is 3.33. The van der Waals surface area contributed by atoms with Crippen LogP contribution < -0.4 is 0 Å². The zero-order valence-corrected chi connectivity index (χ0v) is 8.45. The van der Waals surface area contributed by atoms with Gasteiger partial charge >= 0.3 is 0 Å². The van der Waals surface area contributed by atoms with Crippen molar-refractivity contribution >= 4 is 0 Å². The second-order valence-electron chi connectivity index (χ2n) is 4.17. The lowest BCUT2D eigenvalue weighted by Crippen LogP contribution is -2.37. The highest BCUT2D eigenvalue weighted by Gasteiger charge is 2.41. The summed E-state index contributed by atoms with van der Waals surface area (Å²) in [6.45, 7) is 5.05. The third-order valence-electron chi connectivity index (χ3n) is 3.33. The van der Waals surface area contributed by atoms with Gasteiger partial charge in [0.2, 0.25) is 0 Å². The van der Waals surface area contributed by atoms with Crippen molar-refractivity contribution in [2.75, 3.05) is 13.2 Å². The average molecular weight is 198 g/mol. The van der Waals surface area contributed by atoms with E-state index in [2.05, 4.69) is 6.58 Å². The van der Waals surface area contributed by atoms with E-state index in [1.165, 1.54) is 0 Å². The zero-order chi connectivity index (χ0) is 10.0. The van der Waals surface area contributed by atoms with Gasteiger partial charge in [0, 0.05) is 12.8 Å². The summed E-state index contributed by atoms with van der Waals surface area (Å²) in [5.41, 5.74) is 0. The highest BCUT2D eigenvalue weighted by atomic mass is 16.7. The molecule has 14 heavy (non-hydrogen) atoms. The summed E-state index contributed by atoms with van der Waals surface area (Å²) in [4.78, 5) is 0. The molecule has 1 aliphatic carbocycles. The Morgan fingerprint density at radius 3 is 2.36 bits per heavy atom. The molecular weight excluding hydrogens is 180 g/mol. The van der Waals surface area contributed by atoms with E-state index in [0.29, 0.717) is 19.1 Å². The van der Waals surface area contributed by atoms with Crippen LogP contribution in [0.3, 0.4) is 0 Å². The second kappa shape index (κ2) is 4.01. The van der Waals surface area contributed by atoms with Crippen molar-refractivity contribution in [1.29, 1.82) is 0 Å². The van der Waals surface area contributed by atoms with E-state index < -0.39 is 0 Å². The van der Waals surface area contributed by atoms with Crippen LogP contribution in [0.4, 0.5) is 0 Å². The smallest absolute Gasteiger partial charge is 0.168 e. The molecule has 1 spiro atoms. The summed E-state index contributed by atoms with van der Waals surface area (Å²) in [7, 11) is 0. The fraction of sp³-hybridized carbons (Fsp3) is 0.818. The van der Waals surface area contributed by atoms with Crippen molar-refractivity contribution in [3.63, 3.8) is 0 Å². The van der Waals surface area contributed by atoms with Gasteiger partial charge in [0.05, 0.1) is 19.3 Å². The molecule has 0 bridgehead atoms. The minimum atomic E-state index is -0.367. The van der Waals surface area contributed by atoms with E-state index in [1.54, 1.807) is 6.08 Å². The van der Waals surface area contributed by atoms with Crippen molar-refractivity contribution in [3.05, 3.63) is 12.7 Å². The fourth-order valence-corrected chi connectivity index (χ4v) is 2.40. The first-order valence-corrected chi connectivity index (χ1v) is 5.34. The summed E-state index contributed by atoms with van der Waals surface area (Å²) in [5.74, 6) is 0.0307. The van der Waals surface area contributed by atoms with Crippen molar-refractivity contribution in [3.8, 4) is 0 Å². The maximum absolute atomic E-state index is 9.61. The maximum atomic E-state index is 9.61. The van der Waals surface area contributed by atoms with Crippen LogP contribution in [0, 0.1) is 5.92 Å². The Balaban J connectivity index is 1.88. The van der Waals surface area contributed by atoms with Crippen molar-refractivity contribution in [2.24, 2.45) is 5.92 Å². The van der Waals surface area contributed by atoms with E-state index in [1.807, 2.05) is 0 Å². The standard InChI is InChI=1S/C11H18O3/c1-2-10(12)9-3-5-11(6-4-9)13-7-8-14-11/h2,9-10,12H,1,3-8H2. The number of rotatable bonds is 2. The molecule has 0 radical (unpaired) electrons. The monoisotopic (exact) mass is 198 g/mol. The first-order chi connectivity index (χ1) is 6.76. The van der Waals surface area contributed by atoms with Gasteiger partial charge in [0.1, 0.15) is 0 Å². The van der Waals surface area contributed by atoms with Gasteiger partial charge < -0.3 is 14.6 Å². The van der Waals surface area contributed by atoms with Crippen LogP contribution in [-0.4, -0.2) is 30.2 Å². The van der Waals surface area contributed by atoms with Crippen LogP contribution in [0.5, 0.6) is 0 Å². The Hall–Kier alpha value is -0.380. The molecule has 2 rings (SSSR count). The molecule has 2 aliphatic rings. The average Bonchev–Trinajstić information content (AvgIpc) is 2.67. The minimum absolute atomic E-state index is 0.308. The second-order valence-corrected chi connectivity index (χ2v) is 4.17. The van der Waals surface area contributed by atoms with Gasteiger partial charge in [-0.3, -0.25) is 0 Å². The Bertz CT molecular complexity index is 199. The van der Waals surface area contributed by atoms with Crippen LogP contribution in [-0.2, 0) is 9.47 Å². The van der Waals surface area contributed by atoms with Crippen LogP contribution in [0.25, 0.3) is 0 Å². The van der Waals surface area contributed by atoms with Crippen molar-refractivity contribution in [1.82, 2.24) is 0 Å². The summed E-state index contributed by atoms with van der Waals surface area (Å²) in [6, 6.07) is 0. The Labute approximate surface area is 84.7 Å². The fourth-order valence-electron chi connectivity index (χ4n) is 2.40. The topological polar surface area (TPSA) is 38.7 Å². The number of aliphatic hydroxyl groups is 1. The van der Waals surface area contributed by atoms with E-state index in [9.17, 15) is 5.11 Å². The molecule has 1 saturated heterocycles. The molecule has 0 amide bonds. The van der Waals surface area contributed by atoms with Gasteiger partial charge in [-0.15, -0.1) is 6.58 Å². The van der Waals surface area contributed by atoms with Crippen molar-refractivity contribution < 1.29 is 14.6 Å². The lowest BCUT2D eigenvalue weighted by molar-refractivity contribution is -0.185. The van der Waals surface area contributed by atoms with E-state index in [4.69, 9.17) is 9.47 Å². The van der Waals surface area contributed by atoms with E-state index in [0.717, 1.165) is 25.7 Å². The van der Waals surface area contributed by atoms with Gasteiger partial charge in [-0.2, -0.15) is 0 Å². The normalized spacial score (nSPS) is 29.2. The van der Waals surface area contributed by atoms with Gasteiger partial charge in [0.25, 0.3) is 0 Å². The summed E-state index contributed by atoms with van der Waals surface area (Å²) < 4.78 is 11.2. The molecule has 1 aliphatic heterocycles. The summed E-state index contributed by atoms with van der Waals surface area (Å²) >= 11 is 0. The number of hydrogen-bond donors (Lipinski definition) is 1. The van der Waals surface area contributed by atoms with Crippen LogP contribution in [0.15, 0.2) is 12.7 Å². The molecule has 1 saturated carbocycles. The first kappa shape index (κ1) is 10.1. The van der Waals surface area contributed by atoms with E-state index in [-0.39, 0.29) is 11.9 Å². The van der Waals surface area contributed by atoms with Crippen LogP contribution >= 0.6 is 0 Å². The van der Waals surface area contributed by atoms with Crippen LogP contribution in [0.2, 0.25) is 0 Å². The van der Waals surface area contributed by atoms with Gasteiger partial charge in [-0.05, 0) is 18.8 Å². The molecule has 1 unspecified atom stereocenters. The minimum Gasteiger partial charge on any atom is -0.389 e.